The lowest BCUT2D eigenvalue weighted by Crippen LogP contribution is -2.31. The molecule has 4 N–H and O–H groups in total. The molecule has 1 aromatic carbocycles. The van der Waals surface area contributed by atoms with Gasteiger partial charge < -0.3 is 42.3 Å². The molecule has 310 valence electrons. The molecule has 3 saturated heterocycles. The van der Waals surface area contributed by atoms with Gasteiger partial charge in [0.05, 0.1) is 51.1 Å². The lowest BCUT2D eigenvalue weighted by Gasteiger charge is -2.25. The summed E-state index contributed by atoms with van der Waals surface area (Å²) in [6.07, 6.45) is -4.49. The van der Waals surface area contributed by atoms with E-state index >= 15 is 4.39 Å². The Morgan fingerprint density at radius 3 is 2.59 bits per heavy atom. The van der Waals surface area contributed by atoms with Crippen molar-refractivity contribution in [1.82, 2.24) is 39.0 Å². The zero-order chi connectivity index (χ0) is 41.2. The first-order valence-corrected chi connectivity index (χ1v) is 20.5. The molecule has 3 aliphatic rings. The summed E-state index contributed by atoms with van der Waals surface area (Å²) in [7, 11) is -5.07. The van der Waals surface area contributed by atoms with Gasteiger partial charge in [0.15, 0.2) is 40.5 Å². The summed E-state index contributed by atoms with van der Waals surface area (Å²) in [6.45, 7) is 2.51. The molecule has 2 bridgehead atoms. The van der Waals surface area contributed by atoms with Crippen LogP contribution in [0.4, 0.5) is 16.2 Å². The molecule has 0 radical (unpaired) electrons. The number of hydrogen-bond acceptors (Lipinski definition) is 17. The molecule has 7 heterocycles. The smallest absolute Gasteiger partial charge is 0.333 e. The lowest BCUT2D eigenvalue weighted by atomic mass is 10.1. The number of halogens is 1. The number of imidazole rings is 2. The zero-order valence-corrected chi connectivity index (χ0v) is 32.9. The SMILES string of the molecule is CC(C)C(=O)Nc1nc2c(ncn2[C@@H]2O[C@@H]3COP(OCCC#N)O[C@H]4C[C@H](n5cnc6c(NC(=O)c7ccccc7)ncnc65)O[C@@H]4COP(O)O[C@@H]2[C@@H]3F)c(=O)[nH]1. The number of nitrogens with one attached hydrogen (secondary N) is 3. The Balaban J connectivity index is 1.04. The highest BCUT2D eigenvalue weighted by molar-refractivity contribution is 7.41. The topological polar surface area (TPSA) is 274 Å². The number of alkyl halides is 1. The zero-order valence-electron chi connectivity index (χ0n) is 31.2. The fourth-order valence-corrected chi connectivity index (χ4v) is 8.35. The molecule has 59 heavy (non-hydrogen) atoms. The number of H-pyrrole nitrogens is 1. The Kier molecular flexibility index (Phi) is 12.2. The van der Waals surface area contributed by atoms with Crippen molar-refractivity contribution in [3.8, 4) is 6.07 Å². The van der Waals surface area contributed by atoms with Crippen LogP contribution in [0.5, 0.6) is 0 Å². The van der Waals surface area contributed by atoms with E-state index in [9.17, 15) is 24.5 Å². The second-order valence-corrected chi connectivity index (χ2v) is 15.8. The van der Waals surface area contributed by atoms with Gasteiger partial charge in [0, 0.05) is 17.9 Å². The maximum absolute atomic E-state index is 16.3. The molecule has 4 aromatic heterocycles. The normalized spacial score (nSPS) is 27.4. The van der Waals surface area contributed by atoms with Gasteiger partial charge in [-0.25, -0.2) is 24.3 Å². The van der Waals surface area contributed by atoms with E-state index in [4.69, 9.17) is 32.1 Å². The van der Waals surface area contributed by atoms with E-state index in [2.05, 4.69) is 40.5 Å². The highest BCUT2D eigenvalue weighted by Gasteiger charge is 2.50. The van der Waals surface area contributed by atoms with E-state index < -0.39 is 84.2 Å². The minimum Gasteiger partial charge on any atom is -0.349 e. The molecule has 3 aliphatic heterocycles. The number of hydrogen-bond donors (Lipinski definition) is 4. The highest BCUT2D eigenvalue weighted by atomic mass is 31.2. The van der Waals surface area contributed by atoms with E-state index in [1.54, 1.807) is 48.7 Å². The second-order valence-electron chi connectivity index (χ2n) is 13.6. The fourth-order valence-electron chi connectivity index (χ4n) is 6.43. The minimum atomic E-state index is -2.80. The first kappa shape index (κ1) is 40.8. The summed E-state index contributed by atoms with van der Waals surface area (Å²) in [4.78, 5) is 73.2. The molecule has 3 fully saturated rings. The van der Waals surface area contributed by atoms with Crippen molar-refractivity contribution in [3.05, 3.63) is 65.2 Å². The molecule has 5 aromatic rings. The third kappa shape index (κ3) is 8.69. The quantitative estimate of drug-likeness (QED) is 0.122. The van der Waals surface area contributed by atoms with Crippen LogP contribution in [0, 0.1) is 17.2 Å². The van der Waals surface area contributed by atoms with Gasteiger partial charge in [0.2, 0.25) is 11.9 Å². The van der Waals surface area contributed by atoms with Crippen LogP contribution >= 0.6 is 17.2 Å². The number of ether oxygens (including phenoxy) is 2. The standard InChI is InChI=1S/C34H36FN11O11P2/c1-17(2)30(47)43-34-42-29-25(32(49)44-34)40-16-46(29)33-26-23(35)21(55-33)13-53-59(51-10-6-9-36)56-19-11-22(54-20(19)12-52-58(50)57-26)45-15-39-24-27(37-14-38-28(24)45)41-31(48)18-7-4-3-5-8-18/h3-5,7-8,14-17,19-23,26,33,50H,6,10-13H2,1-2H3,(H,37,38,41,48)(H2,42,43,44,47,49)/t19-,20+,21+,22+,23+,26+,33+,58?,59?/m0/s1. The van der Waals surface area contributed by atoms with Crippen LogP contribution in [0.25, 0.3) is 22.3 Å². The Hall–Kier alpha value is -4.98. The Morgan fingerprint density at radius 2 is 1.80 bits per heavy atom. The van der Waals surface area contributed by atoms with Gasteiger partial charge in [0.25, 0.3) is 11.5 Å². The molecule has 0 spiro atoms. The van der Waals surface area contributed by atoms with Crippen molar-refractivity contribution >= 4 is 63.1 Å². The summed E-state index contributed by atoms with van der Waals surface area (Å²) in [5, 5.41) is 14.5. The van der Waals surface area contributed by atoms with Crippen molar-refractivity contribution in [1.29, 1.82) is 5.26 Å². The number of aromatic nitrogens is 8. The second kappa shape index (κ2) is 17.7. The van der Waals surface area contributed by atoms with Crippen LogP contribution in [0.15, 0.2) is 54.1 Å². The number of nitrogens with zero attached hydrogens (tertiary/aromatic N) is 8. The summed E-state index contributed by atoms with van der Waals surface area (Å²) >= 11 is 0. The van der Waals surface area contributed by atoms with Crippen molar-refractivity contribution < 1.29 is 51.0 Å². The predicted octanol–water partition coefficient (Wildman–Crippen LogP) is 3.52. The predicted molar refractivity (Wildman–Crippen MR) is 203 cm³/mol. The monoisotopic (exact) mass is 855 g/mol. The van der Waals surface area contributed by atoms with Crippen LogP contribution in [0.1, 0.15) is 49.5 Å². The van der Waals surface area contributed by atoms with Crippen molar-refractivity contribution in [2.45, 2.75) is 69.7 Å². The molecular formula is C34H36FN11O11P2. The van der Waals surface area contributed by atoms with E-state index in [0.717, 1.165) is 0 Å². The molecule has 0 aliphatic carbocycles. The van der Waals surface area contributed by atoms with E-state index in [0.29, 0.717) is 16.7 Å². The number of anilines is 2. The van der Waals surface area contributed by atoms with Crippen LogP contribution in [-0.4, -0.2) is 106 Å². The van der Waals surface area contributed by atoms with Gasteiger partial charge in [0.1, 0.15) is 30.9 Å². The highest BCUT2D eigenvalue weighted by Crippen LogP contribution is 2.50. The number of amides is 2. The third-order valence-electron chi connectivity index (χ3n) is 9.39. The van der Waals surface area contributed by atoms with E-state index in [1.807, 2.05) is 6.07 Å². The van der Waals surface area contributed by atoms with Gasteiger partial charge in [-0.05, 0) is 12.1 Å². The number of carbonyl (C=O) groups is 2. The lowest BCUT2D eigenvalue weighted by molar-refractivity contribution is -0.118. The molecular weight excluding hydrogens is 819 g/mol. The number of benzene rings is 1. The molecule has 2 amide bonds. The number of nitriles is 1. The number of carbonyl (C=O) groups excluding carboxylic acids is 2. The maximum atomic E-state index is 16.3. The molecule has 9 atom stereocenters. The average molecular weight is 856 g/mol. The average Bonchev–Trinajstić information content (AvgIpc) is 4.01. The fraction of sp³-hybridized carbons (Fsp3) is 0.441. The van der Waals surface area contributed by atoms with Crippen molar-refractivity contribution in [2.75, 3.05) is 30.5 Å². The minimum absolute atomic E-state index is 0.00363. The van der Waals surface area contributed by atoms with Gasteiger partial charge in [-0.2, -0.15) is 10.2 Å². The van der Waals surface area contributed by atoms with Gasteiger partial charge in [-0.1, -0.05) is 32.0 Å². The number of aromatic amines is 1. The van der Waals surface area contributed by atoms with E-state index in [1.165, 1.54) is 23.5 Å². The van der Waals surface area contributed by atoms with Crippen molar-refractivity contribution in [3.63, 3.8) is 0 Å². The Bertz CT molecular complexity index is 2420. The van der Waals surface area contributed by atoms with Crippen LogP contribution < -0.4 is 16.2 Å². The summed E-state index contributed by atoms with van der Waals surface area (Å²) in [6, 6.07) is 10.6. The van der Waals surface area contributed by atoms with Crippen LogP contribution in [-0.2, 0) is 36.9 Å². The number of rotatable bonds is 9. The van der Waals surface area contributed by atoms with Gasteiger partial charge in [-0.3, -0.25) is 33.8 Å². The molecule has 0 saturated carbocycles. The molecule has 2 unspecified atom stereocenters. The first-order valence-electron chi connectivity index (χ1n) is 18.2. The van der Waals surface area contributed by atoms with Crippen LogP contribution in [0.3, 0.4) is 0 Å². The Labute approximate surface area is 335 Å². The molecule has 8 rings (SSSR count). The summed E-state index contributed by atoms with van der Waals surface area (Å²) in [5.41, 5.74) is 0.187. The van der Waals surface area contributed by atoms with Crippen molar-refractivity contribution in [2.24, 2.45) is 5.92 Å². The summed E-state index contributed by atoms with van der Waals surface area (Å²) < 4.78 is 61.3. The summed E-state index contributed by atoms with van der Waals surface area (Å²) in [5.74, 6) is -1.22. The van der Waals surface area contributed by atoms with Gasteiger partial charge in [-0.15, -0.1) is 0 Å². The molecule has 22 nitrogen and oxygen atoms in total. The third-order valence-corrected chi connectivity index (χ3v) is 11.4. The number of fused-ring (bicyclic) bond motifs is 5. The van der Waals surface area contributed by atoms with Crippen LogP contribution in [0.2, 0.25) is 0 Å². The largest absolute Gasteiger partial charge is 0.349 e. The maximum Gasteiger partial charge on any atom is 0.333 e. The van der Waals surface area contributed by atoms with Gasteiger partial charge >= 0.3 is 17.2 Å². The Morgan fingerprint density at radius 1 is 1.02 bits per heavy atom. The van der Waals surface area contributed by atoms with E-state index in [-0.39, 0.29) is 54.9 Å². The first-order chi connectivity index (χ1) is 28.6. The molecule has 25 heteroatoms.